The van der Waals surface area contributed by atoms with Crippen molar-refractivity contribution in [1.29, 1.82) is 0 Å². The summed E-state index contributed by atoms with van der Waals surface area (Å²) >= 11 is 0. The van der Waals surface area contributed by atoms with E-state index in [1.807, 2.05) is 18.2 Å². The van der Waals surface area contributed by atoms with E-state index in [2.05, 4.69) is 21.3 Å². The van der Waals surface area contributed by atoms with Crippen LogP contribution in [0.25, 0.3) is 0 Å². The standard InChI is InChI=1S/C22H19FN4O3/c23-16-6-4-5-15(13-16)21(29)24-14-20(28)25-18-9-11-19(12-10-18)27-22(30)26-17-7-2-1-3-8-17/h1-13H,14H2,(H,24,29)(H,25,28)(H2,26,27,30). The molecular formula is C22H19FN4O3. The van der Waals surface area contributed by atoms with Gasteiger partial charge in [0.05, 0.1) is 6.54 Å². The van der Waals surface area contributed by atoms with Crippen LogP contribution in [-0.4, -0.2) is 24.4 Å². The Morgan fingerprint density at radius 2 is 1.30 bits per heavy atom. The van der Waals surface area contributed by atoms with E-state index in [4.69, 9.17) is 0 Å². The highest BCUT2D eigenvalue weighted by atomic mass is 19.1. The van der Waals surface area contributed by atoms with Crippen molar-refractivity contribution in [2.75, 3.05) is 22.5 Å². The second kappa shape index (κ2) is 9.83. The van der Waals surface area contributed by atoms with E-state index < -0.39 is 23.7 Å². The van der Waals surface area contributed by atoms with Crippen molar-refractivity contribution >= 4 is 34.9 Å². The summed E-state index contributed by atoms with van der Waals surface area (Å²) in [5.74, 6) is -1.52. The molecule has 3 aromatic rings. The van der Waals surface area contributed by atoms with Gasteiger partial charge in [-0.05, 0) is 54.6 Å². The van der Waals surface area contributed by atoms with Crippen molar-refractivity contribution in [3.8, 4) is 0 Å². The molecule has 0 unspecified atom stereocenters. The molecule has 152 valence electrons. The Morgan fingerprint density at radius 1 is 0.700 bits per heavy atom. The fourth-order valence-corrected chi connectivity index (χ4v) is 2.55. The van der Waals surface area contributed by atoms with Gasteiger partial charge in [-0.2, -0.15) is 0 Å². The third kappa shape index (κ3) is 6.16. The zero-order valence-corrected chi connectivity index (χ0v) is 15.8. The molecule has 4 N–H and O–H groups in total. The lowest BCUT2D eigenvalue weighted by Gasteiger charge is -2.10. The van der Waals surface area contributed by atoms with E-state index >= 15 is 0 Å². The van der Waals surface area contributed by atoms with Gasteiger partial charge in [0.1, 0.15) is 5.82 Å². The highest BCUT2D eigenvalue weighted by Crippen LogP contribution is 2.14. The Hall–Kier alpha value is -4.20. The average Bonchev–Trinajstić information content (AvgIpc) is 2.74. The maximum absolute atomic E-state index is 13.1. The second-order valence-corrected chi connectivity index (χ2v) is 6.26. The molecule has 0 radical (unpaired) electrons. The topological polar surface area (TPSA) is 99.3 Å². The normalized spacial score (nSPS) is 10.0. The number of urea groups is 1. The summed E-state index contributed by atoms with van der Waals surface area (Å²) in [7, 11) is 0. The van der Waals surface area contributed by atoms with Crippen LogP contribution >= 0.6 is 0 Å². The van der Waals surface area contributed by atoms with Gasteiger partial charge >= 0.3 is 6.03 Å². The van der Waals surface area contributed by atoms with Crippen molar-refractivity contribution < 1.29 is 18.8 Å². The third-order valence-corrected chi connectivity index (χ3v) is 3.95. The van der Waals surface area contributed by atoms with E-state index in [-0.39, 0.29) is 12.1 Å². The van der Waals surface area contributed by atoms with Crippen molar-refractivity contribution in [3.05, 3.63) is 90.2 Å². The molecule has 0 atom stereocenters. The first kappa shape index (κ1) is 20.5. The molecule has 0 spiro atoms. The van der Waals surface area contributed by atoms with Gasteiger partial charge in [0.2, 0.25) is 5.91 Å². The molecule has 30 heavy (non-hydrogen) atoms. The minimum atomic E-state index is -0.548. The highest BCUT2D eigenvalue weighted by molar-refractivity contribution is 6.01. The Kier molecular flexibility index (Phi) is 6.73. The first-order valence-electron chi connectivity index (χ1n) is 9.06. The summed E-state index contributed by atoms with van der Waals surface area (Å²) in [4.78, 5) is 35.9. The van der Waals surface area contributed by atoms with Gasteiger partial charge in [-0.25, -0.2) is 9.18 Å². The quantitative estimate of drug-likeness (QED) is 0.501. The molecule has 7 nitrogen and oxygen atoms in total. The fraction of sp³-hybridized carbons (Fsp3) is 0.0455. The van der Waals surface area contributed by atoms with Gasteiger partial charge in [-0.1, -0.05) is 24.3 Å². The monoisotopic (exact) mass is 406 g/mol. The summed E-state index contributed by atoms with van der Waals surface area (Å²) in [6.07, 6.45) is 0. The molecule has 0 aromatic heterocycles. The predicted octanol–water partition coefficient (Wildman–Crippen LogP) is 3.84. The van der Waals surface area contributed by atoms with Crippen molar-refractivity contribution in [3.63, 3.8) is 0 Å². The number of para-hydroxylation sites is 1. The average molecular weight is 406 g/mol. The molecule has 3 aromatic carbocycles. The summed E-state index contributed by atoms with van der Waals surface area (Å²) < 4.78 is 13.1. The van der Waals surface area contributed by atoms with E-state index in [0.29, 0.717) is 17.1 Å². The molecule has 0 bridgehead atoms. The van der Waals surface area contributed by atoms with E-state index in [1.165, 1.54) is 18.2 Å². The molecule has 3 rings (SSSR count). The van der Waals surface area contributed by atoms with Gasteiger partial charge in [0.15, 0.2) is 0 Å². The lowest BCUT2D eigenvalue weighted by atomic mass is 10.2. The molecule has 8 heteroatoms. The number of rotatable bonds is 6. The van der Waals surface area contributed by atoms with Crippen molar-refractivity contribution in [1.82, 2.24) is 5.32 Å². The summed E-state index contributed by atoms with van der Waals surface area (Å²) in [5, 5.41) is 10.4. The van der Waals surface area contributed by atoms with Crippen molar-refractivity contribution in [2.45, 2.75) is 0 Å². The smallest absolute Gasteiger partial charge is 0.323 e. The van der Waals surface area contributed by atoms with Crippen LogP contribution in [0.4, 0.5) is 26.2 Å². The molecule has 0 aliphatic carbocycles. The van der Waals surface area contributed by atoms with Gasteiger partial charge < -0.3 is 21.3 Å². The van der Waals surface area contributed by atoms with Gasteiger partial charge in [0.25, 0.3) is 5.91 Å². The minimum absolute atomic E-state index is 0.131. The molecule has 0 saturated carbocycles. The number of benzene rings is 3. The van der Waals surface area contributed by atoms with Crippen LogP contribution in [0.1, 0.15) is 10.4 Å². The van der Waals surface area contributed by atoms with Crippen molar-refractivity contribution in [2.24, 2.45) is 0 Å². The molecule has 0 fully saturated rings. The van der Waals surface area contributed by atoms with Crippen LogP contribution in [0, 0.1) is 5.82 Å². The number of carbonyl (C=O) groups is 3. The molecule has 0 aliphatic rings. The van der Waals surface area contributed by atoms with Crippen LogP contribution in [0.5, 0.6) is 0 Å². The first-order valence-corrected chi connectivity index (χ1v) is 9.06. The number of amides is 4. The number of nitrogens with one attached hydrogen (secondary N) is 4. The summed E-state index contributed by atoms with van der Waals surface area (Å²) in [6.45, 7) is -0.269. The van der Waals surface area contributed by atoms with E-state index in [0.717, 1.165) is 6.07 Å². The Labute approximate surface area is 172 Å². The fourth-order valence-electron chi connectivity index (χ4n) is 2.55. The van der Waals surface area contributed by atoms with Crippen LogP contribution in [0.3, 0.4) is 0 Å². The Morgan fingerprint density at radius 3 is 1.93 bits per heavy atom. The summed E-state index contributed by atoms with van der Waals surface area (Å²) in [5.41, 5.74) is 1.83. The highest BCUT2D eigenvalue weighted by Gasteiger charge is 2.09. The minimum Gasteiger partial charge on any atom is -0.343 e. The third-order valence-electron chi connectivity index (χ3n) is 3.95. The van der Waals surface area contributed by atoms with Gasteiger partial charge in [-0.3, -0.25) is 9.59 Å². The van der Waals surface area contributed by atoms with E-state index in [9.17, 15) is 18.8 Å². The molecule has 0 saturated heterocycles. The van der Waals surface area contributed by atoms with Gasteiger partial charge in [-0.15, -0.1) is 0 Å². The molecular weight excluding hydrogens is 387 g/mol. The number of hydrogen-bond acceptors (Lipinski definition) is 3. The van der Waals surface area contributed by atoms with Crippen LogP contribution in [0.2, 0.25) is 0 Å². The predicted molar refractivity (Wildman–Crippen MR) is 113 cm³/mol. The Balaban J connectivity index is 1.46. The van der Waals surface area contributed by atoms with E-state index in [1.54, 1.807) is 36.4 Å². The largest absolute Gasteiger partial charge is 0.343 e. The zero-order chi connectivity index (χ0) is 21.3. The maximum atomic E-state index is 13.1. The van der Waals surface area contributed by atoms with Gasteiger partial charge in [0, 0.05) is 22.6 Å². The Bertz CT molecular complexity index is 1040. The number of anilines is 3. The molecule has 0 heterocycles. The number of carbonyl (C=O) groups excluding carboxylic acids is 3. The van der Waals surface area contributed by atoms with Crippen LogP contribution in [-0.2, 0) is 4.79 Å². The molecule has 0 aliphatic heterocycles. The lowest BCUT2D eigenvalue weighted by molar-refractivity contribution is -0.115. The van der Waals surface area contributed by atoms with Crippen LogP contribution < -0.4 is 21.3 Å². The zero-order valence-electron chi connectivity index (χ0n) is 15.8. The molecule has 4 amide bonds. The number of halogens is 1. The van der Waals surface area contributed by atoms with Crippen LogP contribution in [0.15, 0.2) is 78.9 Å². The second-order valence-electron chi connectivity index (χ2n) is 6.26. The SMILES string of the molecule is O=C(CNC(=O)c1cccc(F)c1)Nc1ccc(NC(=O)Nc2ccccc2)cc1. The first-order chi connectivity index (χ1) is 14.5. The maximum Gasteiger partial charge on any atom is 0.323 e. The number of hydrogen-bond donors (Lipinski definition) is 4. The lowest BCUT2D eigenvalue weighted by Crippen LogP contribution is -2.32. The summed E-state index contributed by atoms with van der Waals surface area (Å²) in [6, 6.07) is 20.3.